The summed E-state index contributed by atoms with van der Waals surface area (Å²) in [5.74, 6) is -0.378. The Morgan fingerprint density at radius 2 is 2.07 bits per heavy atom. The molecule has 0 aromatic carbocycles. The molecule has 154 valence electrons. The van der Waals surface area contributed by atoms with Gasteiger partial charge >= 0.3 is 6.03 Å². The van der Waals surface area contributed by atoms with Gasteiger partial charge in [0.1, 0.15) is 5.54 Å². The third kappa shape index (κ3) is 3.45. The van der Waals surface area contributed by atoms with Crippen molar-refractivity contribution in [2.45, 2.75) is 57.7 Å². The Kier molecular flexibility index (Phi) is 4.76. The number of carbonyl (C=O) groups excluding carboxylic acids is 4. The number of rotatable bonds is 5. The lowest BCUT2D eigenvalue weighted by molar-refractivity contribution is -0.133. The fraction of sp³-hybridized carbons (Fsp3) is 0.550. The zero-order chi connectivity index (χ0) is 20.8. The molecule has 29 heavy (non-hydrogen) atoms. The normalized spacial score (nSPS) is 22.7. The molecule has 4 heterocycles. The molecule has 1 aromatic heterocycles. The first-order valence-electron chi connectivity index (χ1n) is 9.99. The molecule has 0 aliphatic carbocycles. The van der Waals surface area contributed by atoms with Crippen LogP contribution in [0.5, 0.6) is 0 Å². The number of carbonyl (C=O) groups is 4. The van der Waals surface area contributed by atoms with Gasteiger partial charge in [-0.3, -0.25) is 24.3 Å². The number of nitrogens with one attached hydrogen (secondary N) is 2. The standard InChI is InChI=1S/C20H25N5O4/c1-20(2)18(28)25(19(29)23-20)10-4-6-16(26)24-9-3-5-15(24)13-8-7-12-14(22-13)11-21-17(12)27/h7-8,15H,3-6,9-11H2,1-2H3,(H,21,27)(H,23,29). The molecule has 1 atom stereocenters. The largest absolute Gasteiger partial charge is 0.346 e. The average molecular weight is 399 g/mol. The van der Waals surface area contributed by atoms with Crippen molar-refractivity contribution < 1.29 is 19.2 Å². The van der Waals surface area contributed by atoms with Crippen molar-refractivity contribution >= 4 is 23.8 Å². The van der Waals surface area contributed by atoms with Crippen LogP contribution in [0.1, 0.15) is 67.3 Å². The first-order valence-corrected chi connectivity index (χ1v) is 9.99. The van der Waals surface area contributed by atoms with E-state index in [1.165, 1.54) is 4.90 Å². The number of likely N-dealkylation sites (tertiary alicyclic amines) is 1. The molecule has 0 saturated carbocycles. The van der Waals surface area contributed by atoms with Crippen molar-refractivity contribution in [1.82, 2.24) is 25.4 Å². The number of imide groups is 1. The summed E-state index contributed by atoms with van der Waals surface area (Å²) in [4.78, 5) is 56.3. The molecule has 2 saturated heterocycles. The Bertz CT molecular complexity index is 897. The molecule has 9 nitrogen and oxygen atoms in total. The Hall–Kier alpha value is -2.97. The molecule has 0 spiro atoms. The maximum atomic E-state index is 12.8. The first-order chi connectivity index (χ1) is 13.8. The second-order valence-corrected chi connectivity index (χ2v) is 8.27. The lowest BCUT2D eigenvalue weighted by Gasteiger charge is -2.25. The molecule has 0 bridgehead atoms. The van der Waals surface area contributed by atoms with Gasteiger partial charge in [0.15, 0.2) is 0 Å². The van der Waals surface area contributed by atoms with Crippen LogP contribution in [-0.2, 0) is 16.1 Å². The number of urea groups is 1. The SMILES string of the molecule is CC1(C)NC(=O)N(CCCC(=O)N2CCCC2c2ccc3c(n2)CNC3=O)C1=O. The summed E-state index contributed by atoms with van der Waals surface area (Å²) in [7, 11) is 0. The van der Waals surface area contributed by atoms with E-state index < -0.39 is 11.6 Å². The number of aromatic nitrogens is 1. The summed E-state index contributed by atoms with van der Waals surface area (Å²) in [5, 5.41) is 5.40. The smallest absolute Gasteiger partial charge is 0.325 e. The highest BCUT2D eigenvalue weighted by molar-refractivity contribution is 6.06. The van der Waals surface area contributed by atoms with Crippen LogP contribution in [0, 0.1) is 0 Å². The molecular formula is C20H25N5O4. The van der Waals surface area contributed by atoms with Crippen LogP contribution in [0.3, 0.4) is 0 Å². The van der Waals surface area contributed by atoms with E-state index in [1.807, 2.05) is 11.0 Å². The van der Waals surface area contributed by atoms with Gasteiger partial charge in [-0.2, -0.15) is 0 Å². The average Bonchev–Trinajstić information content (AvgIpc) is 3.35. The van der Waals surface area contributed by atoms with Crippen LogP contribution in [0.2, 0.25) is 0 Å². The zero-order valence-corrected chi connectivity index (χ0v) is 16.7. The van der Waals surface area contributed by atoms with Gasteiger partial charge in [0.2, 0.25) is 5.91 Å². The summed E-state index contributed by atoms with van der Waals surface area (Å²) in [6, 6.07) is 3.10. The van der Waals surface area contributed by atoms with E-state index in [4.69, 9.17) is 0 Å². The highest BCUT2D eigenvalue weighted by Gasteiger charge is 2.44. The van der Waals surface area contributed by atoms with E-state index in [1.54, 1.807) is 19.9 Å². The lowest BCUT2D eigenvalue weighted by Crippen LogP contribution is -2.40. The van der Waals surface area contributed by atoms with Crippen LogP contribution >= 0.6 is 0 Å². The molecule has 5 amide bonds. The van der Waals surface area contributed by atoms with E-state index in [2.05, 4.69) is 15.6 Å². The summed E-state index contributed by atoms with van der Waals surface area (Å²) in [6.45, 7) is 4.64. The molecule has 1 aromatic rings. The lowest BCUT2D eigenvalue weighted by atomic mass is 10.1. The van der Waals surface area contributed by atoms with E-state index in [0.29, 0.717) is 25.1 Å². The van der Waals surface area contributed by atoms with Crippen molar-refractivity contribution in [1.29, 1.82) is 0 Å². The molecular weight excluding hydrogens is 374 g/mol. The van der Waals surface area contributed by atoms with Gasteiger partial charge in [0.05, 0.1) is 29.5 Å². The highest BCUT2D eigenvalue weighted by Crippen LogP contribution is 2.32. The zero-order valence-electron chi connectivity index (χ0n) is 16.7. The summed E-state index contributed by atoms with van der Waals surface area (Å²) >= 11 is 0. The molecule has 9 heteroatoms. The minimum atomic E-state index is -0.892. The minimum absolute atomic E-state index is 0.00434. The van der Waals surface area contributed by atoms with E-state index in [-0.39, 0.29) is 36.7 Å². The van der Waals surface area contributed by atoms with Crippen molar-refractivity contribution in [2.24, 2.45) is 0 Å². The van der Waals surface area contributed by atoms with Gasteiger partial charge in [0, 0.05) is 19.5 Å². The van der Waals surface area contributed by atoms with Gasteiger partial charge in [-0.25, -0.2) is 4.79 Å². The number of nitrogens with zero attached hydrogens (tertiary/aromatic N) is 3. The molecule has 4 rings (SSSR count). The van der Waals surface area contributed by atoms with E-state index in [9.17, 15) is 19.2 Å². The number of pyridine rings is 1. The third-order valence-electron chi connectivity index (χ3n) is 5.79. The van der Waals surface area contributed by atoms with Crippen LogP contribution in [-0.4, -0.2) is 57.2 Å². The monoisotopic (exact) mass is 399 g/mol. The minimum Gasteiger partial charge on any atom is -0.346 e. The summed E-state index contributed by atoms with van der Waals surface area (Å²) in [5.41, 5.74) is 1.24. The van der Waals surface area contributed by atoms with Crippen molar-refractivity contribution in [3.8, 4) is 0 Å². The van der Waals surface area contributed by atoms with E-state index >= 15 is 0 Å². The molecule has 2 N–H and O–H groups in total. The van der Waals surface area contributed by atoms with Gasteiger partial charge in [0.25, 0.3) is 11.8 Å². The second-order valence-electron chi connectivity index (χ2n) is 8.27. The van der Waals surface area contributed by atoms with Crippen LogP contribution in [0.25, 0.3) is 0 Å². The topological polar surface area (TPSA) is 112 Å². The van der Waals surface area contributed by atoms with Gasteiger partial charge in [-0.1, -0.05) is 0 Å². The molecule has 0 radical (unpaired) electrons. The van der Waals surface area contributed by atoms with Crippen molar-refractivity contribution in [3.63, 3.8) is 0 Å². The fourth-order valence-electron chi connectivity index (χ4n) is 4.23. The maximum absolute atomic E-state index is 12.8. The Labute approximate surface area is 168 Å². The Morgan fingerprint density at radius 1 is 1.28 bits per heavy atom. The molecule has 3 aliphatic rings. The highest BCUT2D eigenvalue weighted by atomic mass is 16.2. The van der Waals surface area contributed by atoms with E-state index in [0.717, 1.165) is 24.2 Å². The maximum Gasteiger partial charge on any atom is 0.325 e. The second kappa shape index (κ2) is 7.13. The molecule has 2 fully saturated rings. The van der Waals surface area contributed by atoms with Crippen LogP contribution < -0.4 is 10.6 Å². The van der Waals surface area contributed by atoms with Crippen molar-refractivity contribution in [3.05, 3.63) is 29.1 Å². The third-order valence-corrected chi connectivity index (χ3v) is 5.79. The molecule has 1 unspecified atom stereocenters. The van der Waals surface area contributed by atoms with Crippen LogP contribution in [0.4, 0.5) is 4.79 Å². The fourth-order valence-corrected chi connectivity index (χ4v) is 4.23. The predicted octanol–water partition coefficient (Wildman–Crippen LogP) is 1.10. The van der Waals surface area contributed by atoms with Crippen molar-refractivity contribution in [2.75, 3.05) is 13.1 Å². The number of amides is 5. The Balaban J connectivity index is 1.37. The molecule has 3 aliphatic heterocycles. The number of fused-ring (bicyclic) bond motifs is 1. The Morgan fingerprint density at radius 3 is 2.79 bits per heavy atom. The van der Waals surface area contributed by atoms with Gasteiger partial charge in [-0.15, -0.1) is 0 Å². The van der Waals surface area contributed by atoms with Gasteiger partial charge in [-0.05, 0) is 45.2 Å². The predicted molar refractivity (Wildman–Crippen MR) is 103 cm³/mol. The quantitative estimate of drug-likeness (QED) is 0.720. The summed E-state index contributed by atoms with van der Waals surface area (Å²) in [6.07, 6.45) is 2.42. The number of hydrogen-bond acceptors (Lipinski definition) is 5. The van der Waals surface area contributed by atoms with Crippen LogP contribution in [0.15, 0.2) is 12.1 Å². The first kappa shape index (κ1) is 19.4. The number of hydrogen-bond donors (Lipinski definition) is 2. The summed E-state index contributed by atoms with van der Waals surface area (Å²) < 4.78 is 0. The van der Waals surface area contributed by atoms with Gasteiger partial charge < -0.3 is 15.5 Å².